The third-order valence-electron chi connectivity index (χ3n) is 2.06. The van der Waals surface area contributed by atoms with Crippen molar-refractivity contribution in [1.29, 1.82) is 0 Å². The van der Waals surface area contributed by atoms with E-state index in [2.05, 4.69) is 29.3 Å². The first-order valence-electron chi connectivity index (χ1n) is 3.72. The van der Waals surface area contributed by atoms with Crippen molar-refractivity contribution in [3.63, 3.8) is 0 Å². The largest absolute Gasteiger partial charge is 0.213 e. The first kappa shape index (κ1) is 6.53. The summed E-state index contributed by atoms with van der Waals surface area (Å²) in [6.45, 7) is 4.11. The molecule has 0 amide bonds. The van der Waals surface area contributed by atoms with Gasteiger partial charge in [-0.15, -0.1) is 0 Å². The molecule has 0 aromatic heterocycles. The average molecular weight is 146 g/mol. The zero-order valence-corrected chi connectivity index (χ0v) is 6.70. The highest BCUT2D eigenvalue weighted by Gasteiger charge is 2.36. The van der Waals surface area contributed by atoms with Crippen LogP contribution in [0, 0.1) is 6.92 Å². The van der Waals surface area contributed by atoms with Gasteiger partial charge < -0.3 is 0 Å². The van der Waals surface area contributed by atoms with Crippen molar-refractivity contribution in [3.8, 4) is 0 Å². The summed E-state index contributed by atoms with van der Waals surface area (Å²) in [4.78, 5) is 0. The molecule has 1 aromatic carbocycles. The molecule has 0 saturated heterocycles. The molecule has 11 heavy (non-hydrogen) atoms. The molecule has 0 fully saturated rings. The quantitative estimate of drug-likeness (QED) is 0.582. The predicted molar refractivity (Wildman–Crippen MR) is 43.4 cm³/mol. The van der Waals surface area contributed by atoms with Gasteiger partial charge in [-0.05, 0) is 19.4 Å². The van der Waals surface area contributed by atoms with Crippen LogP contribution in [0.2, 0.25) is 0 Å². The van der Waals surface area contributed by atoms with E-state index in [1.807, 2.05) is 19.1 Å². The van der Waals surface area contributed by atoms with Gasteiger partial charge in [0.15, 0.2) is 0 Å². The van der Waals surface area contributed by atoms with Crippen LogP contribution < -0.4 is 0 Å². The number of nitrogens with zero attached hydrogens (tertiary/aromatic N) is 2. The van der Waals surface area contributed by atoms with Gasteiger partial charge in [0.2, 0.25) is 5.66 Å². The van der Waals surface area contributed by atoms with E-state index in [4.69, 9.17) is 0 Å². The van der Waals surface area contributed by atoms with Gasteiger partial charge >= 0.3 is 0 Å². The summed E-state index contributed by atoms with van der Waals surface area (Å²) in [6.07, 6.45) is 0. The van der Waals surface area contributed by atoms with E-state index in [9.17, 15) is 0 Å². The third kappa shape index (κ3) is 0.946. The van der Waals surface area contributed by atoms with Crippen LogP contribution >= 0.6 is 0 Å². The summed E-state index contributed by atoms with van der Waals surface area (Å²) in [5, 5.41) is 7.98. The average Bonchev–Trinajstić information content (AvgIpc) is 2.70. The molecule has 2 heteroatoms. The van der Waals surface area contributed by atoms with Crippen molar-refractivity contribution in [2.45, 2.75) is 19.5 Å². The van der Waals surface area contributed by atoms with Crippen molar-refractivity contribution in [2.75, 3.05) is 0 Å². The van der Waals surface area contributed by atoms with Crippen molar-refractivity contribution in [1.82, 2.24) is 0 Å². The lowest BCUT2D eigenvalue weighted by atomic mass is 10.0. The third-order valence-corrected chi connectivity index (χ3v) is 2.06. The highest BCUT2D eigenvalue weighted by atomic mass is 15.4. The zero-order valence-electron chi connectivity index (χ0n) is 6.70. The molecule has 0 unspecified atom stereocenters. The Labute approximate surface area is 66.0 Å². The topological polar surface area (TPSA) is 24.7 Å². The van der Waals surface area contributed by atoms with Crippen molar-refractivity contribution < 1.29 is 0 Å². The maximum Gasteiger partial charge on any atom is 0.213 e. The molecule has 1 aliphatic heterocycles. The summed E-state index contributed by atoms with van der Waals surface area (Å²) in [5.41, 5.74) is 2.27. The van der Waals surface area contributed by atoms with E-state index in [-0.39, 0.29) is 5.66 Å². The van der Waals surface area contributed by atoms with E-state index in [0.29, 0.717) is 0 Å². The van der Waals surface area contributed by atoms with Gasteiger partial charge in [0.25, 0.3) is 0 Å². The Morgan fingerprint density at radius 1 is 1.18 bits per heavy atom. The SMILES string of the molecule is Cc1ccccc1C1(C)N=N1. The molecule has 0 saturated carbocycles. The molecular weight excluding hydrogens is 136 g/mol. The molecule has 1 aromatic rings. The minimum absolute atomic E-state index is 0.217. The van der Waals surface area contributed by atoms with Crippen molar-refractivity contribution in [2.24, 2.45) is 10.2 Å². The number of hydrogen-bond acceptors (Lipinski definition) is 2. The van der Waals surface area contributed by atoms with Gasteiger partial charge in [0.05, 0.1) is 0 Å². The lowest BCUT2D eigenvalue weighted by Gasteiger charge is -2.06. The molecule has 1 aliphatic rings. The smallest absolute Gasteiger partial charge is 0.154 e. The lowest BCUT2D eigenvalue weighted by Crippen LogP contribution is -2.03. The van der Waals surface area contributed by atoms with Crippen LogP contribution in [0.15, 0.2) is 34.5 Å². The van der Waals surface area contributed by atoms with Crippen LogP contribution in [0.1, 0.15) is 18.1 Å². The summed E-state index contributed by atoms with van der Waals surface area (Å²) in [5.74, 6) is 0. The Balaban J connectivity index is 2.45. The van der Waals surface area contributed by atoms with Gasteiger partial charge in [-0.25, -0.2) is 0 Å². The molecule has 0 N–H and O–H groups in total. The first-order chi connectivity index (χ1) is 5.22. The van der Waals surface area contributed by atoms with E-state index in [0.717, 1.165) is 0 Å². The number of benzene rings is 1. The molecule has 56 valence electrons. The number of aryl methyl sites for hydroxylation is 1. The van der Waals surface area contributed by atoms with Crippen LogP contribution in [0.3, 0.4) is 0 Å². The fourth-order valence-corrected chi connectivity index (χ4v) is 1.29. The fourth-order valence-electron chi connectivity index (χ4n) is 1.29. The highest BCUT2D eigenvalue weighted by Crippen LogP contribution is 2.39. The maximum atomic E-state index is 3.99. The normalized spacial score (nSPS) is 18.4. The maximum absolute atomic E-state index is 3.99. The van der Waals surface area contributed by atoms with Crippen LogP contribution in [0.25, 0.3) is 0 Å². The van der Waals surface area contributed by atoms with Gasteiger partial charge in [0.1, 0.15) is 0 Å². The van der Waals surface area contributed by atoms with Gasteiger partial charge in [0, 0.05) is 5.56 Å². The minimum atomic E-state index is -0.217. The molecule has 0 bridgehead atoms. The Morgan fingerprint density at radius 3 is 2.36 bits per heavy atom. The second kappa shape index (κ2) is 1.91. The molecule has 2 rings (SSSR count). The first-order valence-corrected chi connectivity index (χ1v) is 3.72. The molecule has 2 nitrogen and oxygen atoms in total. The van der Waals surface area contributed by atoms with Crippen LogP contribution in [0.4, 0.5) is 0 Å². The van der Waals surface area contributed by atoms with E-state index < -0.39 is 0 Å². The Kier molecular flexibility index (Phi) is 1.13. The zero-order chi connectivity index (χ0) is 7.90. The molecule has 1 heterocycles. The van der Waals surface area contributed by atoms with Gasteiger partial charge in [-0.1, -0.05) is 24.3 Å². The van der Waals surface area contributed by atoms with E-state index >= 15 is 0 Å². The lowest BCUT2D eigenvalue weighted by molar-refractivity contribution is 0.722. The van der Waals surface area contributed by atoms with E-state index in [1.54, 1.807) is 0 Å². The number of hydrogen-bond donors (Lipinski definition) is 0. The molecule has 0 atom stereocenters. The van der Waals surface area contributed by atoms with Crippen molar-refractivity contribution in [3.05, 3.63) is 35.4 Å². The Bertz CT molecular complexity index is 309. The van der Waals surface area contributed by atoms with Crippen LogP contribution in [-0.4, -0.2) is 0 Å². The summed E-state index contributed by atoms with van der Waals surface area (Å²) < 4.78 is 0. The monoisotopic (exact) mass is 146 g/mol. The minimum Gasteiger partial charge on any atom is -0.154 e. The van der Waals surface area contributed by atoms with Crippen LogP contribution in [-0.2, 0) is 5.66 Å². The van der Waals surface area contributed by atoms with Gasteiger partial charge in [-0.2, -0.15) is 10.2 Å². The fraction of sp³-hybridized carbons (Fsp3) is 0.333. The van der Waals surface area contributed by atoms with E-state index in [1.165, 1.54) is 11.1 Å². The molecule has 0 radical (unpaired) electrons. The Morgan fingerprint density at radius 2 is 1.82 bits per heavy atom. The Hall–Kier alpha value is -1.18. The van der Waals surface area contributed by atoms with Gasteiger partial charge in [-0.3, -0.25) is 0 Å². The predicted octanol–water partition coefficient (Wildman–Crippen LogP) is 2.63. The highest BCUT2D eigenvalue weighted by molar-refractivity contribution is 5.33. The van der Waals surface area contributed by atoms with Crippen LogP contribution in [0.5, 0.6) is 0 Å². The summed E-state index contributed by atoms with van der Waals surface area (Å²) >= 11 is 0. The number of rotatable bonds is 1. The summed E-state index contributed by atoms with van der Waals surface area (Å²) in [6, 6.07) is 8.22. The van der Waals surface area contributed by atoms with Crippen molar-refractivity contribution >= 4 is 0 Å². The molecule has 0 spiro atoms. The molecule has 0 aliphatic carbocycles. The molecular formula is C9H10N2. The standard InChI is InChI=1S/C9H10N2/c1-7-5-3-4-6-8(7)9(2)10-11-9/h3-6H,1-2H3. The second-order valence-electron chi connectivity index (χ2n) is 3.04. The summed E-state index contributed by atoms with van der Waals surface area (Å²) in [7, 11) is 0. The second-order valence-corrected chi connectivity index (χ2v) is 3.04.